The third-order valence-electron chi connectivity index (χ3n) is 6.87. The fraction of sp³-hybridized carbons (Fsp3) is 0.385. The zero-order valence-electron chi connectivity index (χ0n) is 19.2. The van der Waals surface area contributed by atoms with Crippen LogP contribution in [0.5, 0.6) is 0 Å². The number of piperidine rings is 1. The molecule has 2 aliphatic rings. The van der Waals surface area contributed by atoms with E-state index in [1.54, 1.807) is 15.5 Å². The highest BCUT2D eigenvalue weighted by molar-refractivity contribution is 7.99. The minimum absolute atomic E-state index is 0.0353. The SMILES string of the molecule is C=CCn1c(Sc2nc(C[NH+]3CCCCC3)nc3sc4c(c23)CCC4)nc2ccccc2c1=O. The lowest BCUT2D eigenvalue weighted by atomic mass is 10.1. The van der Waals surface area contributed by atoms with Gasteiger partial charge in [-0.3, -0.25) is 9.36 Å². The number of benzene rings is 1. The summed E-state index contributed by atoms with van der Waals surface area (Å²) in [7, 11) is 0. The average molecular weight is 491 g/mol. The molecule has 8 heteroatoms. The second kappa shape index (κ2) is 9.24. The molecule has 3 aromatic heterocycles. The van der Waals surface area contributed by atoms with E-state index in [0.717, 1.165) is 35.1 Å². The van der Waals surface area contributed by atoms with Crippen LogP contribution in [0, 0.1) is 0 Å². The summed E-state index contributed by atoms with van der Waals surface area (Å²) in [6.07, 6.45) is 9.04. The van der Waals surface area contributed by atoms with Gasteiger partial charge in [0.25, 0.3) is 5.56 Å². The number of nitrogens with one attached hydrogen (secondary N) is 1. The number of thiophene rings is 1. The van der Waals surface area contributed by atoms with Crippen LogP contribution < -0.4 is 10.5 Å². The molecule has 0 radical (unpaired) electrons. The van der Waals surface area contributed by atoms with Crippen molar-refractivity contribution in [2.75, 3.05) is 13.1 Å². The standard InChI is InChI=1S/C26H27N5OS2/c1-2-13-31-25(32)17-9-4-5-11-19(17)27-26(31)34-24-22-18-10-8-12-20(18)33-23(22)28-21(29-24)16-30-14-6-3-7-15-30/h2,4-5,9,11H,1,3,6-8,10,12-16H2/p+1. The molecule has 6 rings (SSSR count). The number of allylic oxidation sites excluding steroid dienone is 1. The van der Waals surface area contributed by atoms with E-state index < -0.39 is 0 Å². The number of hydrogen-bond donors (Lipinski definition) is 1. The van der Waals surface area contributed by atoms with E-state index in [1.807, 2.05) is 35.6 Å². The Bertz CT molecular complexity index is 1450. The monoisotopic (exact) mass is 490 g/mol. The van der Waals surface area contributed by atoms with Crippen molar-refractivity contribution in [2.45, 2.75) is 61.8 Å². The zero-order valence-corrected chi connectivity index (χ0v) is 20.8. The highest BCUT2D eigenvalue weighted by atomic mass is 32.2. The van der Waals surface area contributed by atoms with Crippen LogP contribution in [0.25, 0.3) is 21.1 Å². The van der Waals surface area contributed by atoms with E-state index in [2.05, 4.69) is 6.58 Å². The summed E-state index contributed by atoms with van der Waals surface area (Å²) in [5, 5.41) is 3.41. The van der Waals surface area contributed by atoms with Gasteiger partial charge in [0.2, 0.25) is 0 Å². The Balaban J connectivity index is 1.48. The van der Waals surface area contributed by atoms with Crippen molar-refractivity contribution < 1.29 is 4.90 Å². The van der Waals surface area contributed by atoms with Gasteiger partial charge in [0.1, 0.15) is 16.4 Å². The normalized spacial score (nSPS) is 16.4. The van der Waals surface area contributed by atoms with E-state index >= 15 is 0 Å². The molecule has 174 valence electrons. The molecule has 0 amide bonds. The van der Waals surface area contributed by atoms with E-state index in [1.165, 1.54) is 66.4 Å². The zero-order chi connectivity index (χ0) is 23.1. The number of aromatic nitrogens is 4. The first-order chi connectivity index (χ1) is 16.7. The molecule has 6 nitrogen and oxygen atoms in total. The van der Waals surface area contributed by atoms with Crippen LogP contribution in [-0.2, 0) is 25.9 Å². The molecule has 1 aliphatic heterocycles. The van der Waals surface area contributed by atoms with E-state index in [0.29, 0.717) is 22.6 Å². The van der Waals surface area contributed by atoms with E-state index in [-0.39, 0.29) is 5.56 Å². The van der Waals surface area contributed by atoms with Crippen molar-refractivity contribution >= 4 is 44.2 Å². The van der Waals surface area contributed by atoms with Crippen molar-refractivity contribution in [2.24, 2.45) is 0 Å². The fourth-order valence-electron chi connectivity index (χ4n) is 5.21. The van der Waals surface area contributed by atoms with Gasteiger partial charge in [-0.05, 0) is 68.0 Å². The molecular weight excluding hydrogens is 462 g/mol. The Kier molecular flexibility index (Phi) is 5.97. The Morgan fingerprint density at radius 1 is 1.09 bits per heavy atom. The maximum Gasteiger partial charge on any atom is 0.262 e. The number of aryl methyl sites for hydroxylation is 2. The topological polar surface area (TPSA) is 65.1 Å². The maximum absolute atomic E-state index is 13.3. The van der Waals surface area contributed by atoms with E-state index in [9.17, 15) is 4.79 Å². The molecule has 34 heavy (non-hydrogen) atoms. The molecule has 1 saturated heterocycles. The molecule has 0 saturated carbocycles. The third-order valence-corrected chi connectivity index (χ3v) is 9.04. The van der Waals surface area contributed by atoms with Gasteiger partial charge in [0.05, 0.1) is 24.0 Å². The van der Waals surface area contributed by atoms with Gasteiger partial charge < -0.3 is 4.90 Å². The van der Waals surface area contributed by atoms with Crippen LogP contribution in [0.3, 0.4) is 0 Å². The van der Waals surface area contributed by atoms with Crippen molar-refractivity contribution in [3.8, 4) is 0 Å². The number of fused-ring (bicyclic) bond motifs is 4. The van der Waals surface area contributed by atoms with Crippen LogP contribution in [0.4, 0.5) is 0 Å². The molecule has 1 aromatic carbocycles. The summed E-state index contributed by atoms with van der Waals surface area (Å²) in [5.74, 6) is 0.908. The van der Waals surface area contributed by atoms with Crippen LogP contribution in [0.1, 0.15) is 41.9 Å². The van der Waals surface area contributed by atoms with Gasteiger partial charge in [-0.25, -0.2) is 15.0 Å². The number of quaternary nitrogens is 1. The Morgan fingerprint density at radius 3 is 2.79 bits per heavy atom. The molecular formula is C26H28N5OS2+. The Hall–Kier alpha value is -2.55. The lowest BCUT2D eigenvalue weighted by molar-refractivity contribution is -0.919. The van der Waals surface area contributed by atoms with Crippen LogP contribution in [-0.4, -0.2) is 32.6 Å². The number of nitrogens with zero attached hydrogens (tertiary/aromatic N) is 4. The molecule has 4 aromatic rings. The maximum atomic E-state index is 13.3. The molecule has 0 spiro atoms. The predicted octanol–water partition coefficient (Wildman–Crippen LogP) is 3.80. The second-order valence-corrected chi connectivity index (χ2v) is 11.2. The first-order valence-corrected chi connectivity index (χ1v) is 13.8. The van der Waals surface area contributed by atoms with Gasteiger partial charge in [0.15, 0.2) is 11.0 Å². The summed E-state index contributed by atoms with van der Waals surface area (Å²) in [4.78, 5) is 32.4. The number of hydrogen-bond acceptors (Lipinski definition) is 6. The fourth-order valence-corrected chi connectivity index (χ4v) is 7.61. The lowest BCUT2D eigenvalue weighted by Crippen LogP contribution is -3.11. The van der Waals surface area contributed by atoms with Crippen molar-refractivity contribution in [1.82, 2.24) is 19.5 Å². The summed E-state index contributed by atoms with van der Waals surface area (Å²) in [5.41, 5.74) is 2.08. The van der Waals surface area contributed by atoms with Gasteiger partial charge in [0, 0.05) is 16.8 Å². The quantitative estimate of drug-likeness (QED) is 0.253. The van der Waals surface area contributed by atoms with Crippen molar-refractivity contribution in [3.05, 3.63) is 63.5 Å². The van der Waals surface area contributed by atoms with Gasteiger partial charge in [-0.15, -0.1) is 17.9 Å². The number of rotatable bonds is 6. The minimum atomic E-state index is -0.0353. The minimum Gasteiger partial charge on any atom is -0.329 e. The van der Waals surface area contributed by atoms with Crippen LogP contribution in [0.2, 0.25) is 0 Å². The van der Waals surface area contributed by atoms with Crippen molar-refractivity contribution in [3.63, 3.8) is 0 Å². The first kappa shape index (κ1) is 21.9. The largest absolute Gasteiger partial charge is 0.329 e. The summed E-state index contributed by atoms with van der Waals surface area (Å²) in [6.45, 7) is 7.52. The molecule has 0 bridgehead atoms. The summed E-state index contributed by atoms with van der Waals surface area (Å²) >= 11 is 3.34. The Morgan fingerprint density at radius 2 is 1.94 bits per heavy atom. The molecule has 1 N–H and O–H groups in total. The molecule has 0 atom stereocenters. The van der Waals surface area contributed by atoms with Gasteiger partial charge >= 0.3 is 0 Å². The van der Waals surface area contributed by atoms with Gasteiger partial charge in [-0.2, -0.15) is 0 Å². The average Bonchev–Trinajstić information content (AvgIpc) is 3.43. The highest BCUT2D eigenvalue weighted by Gasteiger charge is 2.25. The number of para-hydroxylation sites is 1. The highest BCUT2D eigenvalue weighted by Crippen LogP contribution is 2.41. The van der Waals surface area contributed by atoms with Crippen LogP contribution >= 0.6 is 23.1 Å². The second-order valence-electron chi connectivity index (χ2n) is 9.19. The van der Waals surface area contributed by atoms with Gasteiger partial charge in [-0.1, -0.05) is 18.2 Å². The smallest absolute Gasteiger partial charge is 0.262 e. The number of likely N-dealkylation sites (tertiary alicyclic amines) is 1. The molecule has 4 heterocycles. The van der Waals surface area contributed by atoms with Crippen molar-refractivity contribution in [1.29, 1.82) is 0 Å². The third kappa shape index (κ3) is 3.97. The Labute approximate surface area is 206 Å². The molecule has 0 unspecified atom stereocenters. The summed E-state index contributed by atoms with van der Waals surface area (Å²) in [6, 6.07) is 7.55. The first-order valence-electron chi connectivity index (χ1n) is 12.1. The predicted molar refractivity (Wildman–Crippen MR) is 138 cm³/mol. The lowest BCUT2D eigenvalue weighted by Gasteiger charge is -2.22. The molecule has 1 aliphatic carbocycles. The molecule has 1 fully saturated rings. The van der Waals surface area contributed by atoms with E-state index in [4.69, 9.17) is 15.0 Å². The summed E-state index contributed by atoms with van der Waals surface area (Å²) < 4.78 is 1.72. The van der Waals surface area contributed by atoms with Crippen LogP contribution in [0.15, 0.2) is 51.9 Å².